The number of aromatic nitrogens is 2. The molecular weight excluding hydrogens is 510 g/mol. The first-order valence-corrected chi connectivity index (χ1v) is 13.6. The molecule has 39 heavy (non-hydrogen) atoms. The zero-order chi connectivity index (χ0) is 28.2. The maximum Gasteiger partial charge on any atom is 0.410 e. The largest absolute Gasteiger partial charge is 0.444 e. The van der Waals surface area contributed by atoms with Crippen LogP contribution in [0.3, 0.4) is 0 Å². The zero-order valence-electron chi connectivity index (χ0n) is 23.1. The van der Waals surface area contributed by atoms with E-state index in [0.717, 1.165) is 94.6 Å². The summed E-state index contributed by atoms with van der Waals surface area (Å²) in [5, 5.41) is 7.73. The van der Waals surface area contributed by atoms with Crippen molar-refractivity contribution in [3.63, 3.8) is 0 Å². The van der Waals surface area contributed by atoms with Crippen molar-refractivity contribution in [2.45, 2.75) is 52.6 Å². The summed E-state index contributed by atoms with van der Waals surface area (Å²) < 4.78 is 5.13. The molecule has 7 nitrogen and oxygen atoms in total. The molecule has 0 bridgehead atoms. The number of carbonyl (C=O) groups is 1. The smallest absolute Gasteiger partial charge is 0.410 e. The van der Waals surface area contributed by atoms with Crippen molar-refractivity contribution in [1.82, 2.24) is 20.2 Å². The van der Waals surface area contributed by atoms with Crippen LogP contribution in [-0.2, 0) is 17.6 Å². The molecule has 0 radical (unpaired) electrons. The molecule has 1 fully saturated rings. The Bertz CT molecular complexity index is 1410. The van der Waals surface area contributed by atoms with E-state index in [0.29, 0.717) is 0 Å². The zero-order valence-corrected chi connectivity index (χ0v) is 23.8. The molecule has 1 aromatic carbocycles. The lowest BCUT2D eigenvalue weighted by atomic mass is 10.0. The summed E-state index contributed by atoms with van der Waals surface area (Å²) >= 11 is 6.43. The number of anilines is 2. The Labute approximate surface area is 236 Å². The first kappa shape index (κ1) is 28.1. The third kappa shape index (κ3) is 6.40. The molecule has 0 atom stereocenters. The Morgan fingerprint density at radius 1 is 1.31 bits per heavy atom. The number of likely N-dealkylation sites (tertiary alicyclic amines) is 1. The Hall–Kier alpha value is -3.89. The highest BCUT2D eigenvalue weighted by Crippen LogP contribution is 2.41. The first-order chi connectivity index (χ1) is 18.6. The monoisotopic (exact) mass is 545 g/mol. The minimum atomic E-state index is -0.354. The predicted molar refractivity (Wildman–Crippen MR) is 159 cm³/mol. The number of benzene rings is 1. The van der Waals surface area contributed by atoms with Crippen LogP contribution in [0.2, 0.25) is 5.02 Å². The molecule has 5 rings (SSSR count). The summed E-state index contributed by atoms with van der Waals surface area (Å²) in [5.41, 5.74) is 8.35. The van der Waals surface area contributed by atoms with Gasteiger partial charge in [-0.15, -0.1) is 6.42 Å². The standard InChI is InChI=1S/C23H21ClN4.C8H15NO2/c1-4-15-13-25-11-9-17(15)22-23(21-14(3)26-12-10-20(21)28-22)27-19-8-6-7-18(24)16(19)5-2;1-8(2,3)11-7(10)9-5-4-6-9/h1,6-9,11,13,26-28H,3,5,10,12H2,2H3;4-6H2,1-3H3. The molecule has 1 amide bonds. The number of halogens is 1. The number of nitrogens with one attached hydrogen (secondary N) is 3. The van der Waals surface area contributed by atoms with Crippen LogP contribution < -0.4 is 10.6 Å². The molecule has 0 spiro atoms. The molecule has 2 aromatic heterocycles. The number of aromatic amines is 1. The number of fused-ring (bicyclic) bond motifs is 1. The number of nitrogens with zero attached hydrogens (tertiary/aromatic N) is 2. The second kappa shape index (κ2) is 11.9. The van der Waals surface area contributed by atoms with E-state index in [2.05, 4.69) is 40.0 Å². The summed E-state index contributed by atoms with van der Waals surface area (Å²) in [7, 11) is 0. The van der Waals surface area contributed by atoms with Crippen LogP contribution in [0, 0.1) is 12.3 Å². The van der Waals surface area contributed by atoms with Gasteiger partial charge < -0.3 is 25.3 Å². The molecule has 3 N–H and O–H groups in total. The van der Waals surface area contributed by atoms with Gasteiger partial charge in [-0.25, -0.2) is 4.79 Å². The third-order valence-corrected chi connectivity index (χ3v) is 6.93. The van der Waals surface area contributed by atoms with Crippen LogP contribution in [0.25, 0.3) is 17.0 Å². The predicted octanol–water partition coefficient (Wildman–Crippen LogP) is 6.76. The highest BCUT2D eigenvalue weighted by atomic mass is 35.5. The van der Waals surface area contributed by atoms with E-state index in [1.807, 2.05) is 45.0 Å². The summed E-state index contributed by atoms with van der Waals surface area (Å²) in [4.78, 5) is 20.6. The molecular formula is C31H36ClN5O2. The van der Waals surface area contributed by atoms with Crippen LogP contribution in [0.15, 0.2) is 43.2 Å². The maximum absolute atomic E-state index is 11.1. The highest BCUT2D eigenvalue weighted by molar-refractivity contribution is 6.31. The van der Waals surface area contributed by atoms with Gasteiger partial charge >= 0.3 is 6.09 Å². The van der Waals surface area contributed by atoms with Crippen molar-refractivity contribution >= 4 is 34.8 Å². The van der Waals surface area contributed by atoms with Crippen molar-refractivity contribution in [1.29, 1.82) is 0 Å². The number of hydrogen-bond acceptors (Lipinski definition) is 5. The first-order valence-electron chi connectivity index (χ1n) is 13.2. The lowest BCUT2D eigenvalue weighted by Crippen LogP contribution is -2.44. The van der Waals surface area contributed by atoms with Gasteiger partial charge in [-0.3, -0.25) is 4.98 Å². The van der Waals surface area contributed by atoms with E-state index in [1.54, 1.807) is 17.3 Å². The van der Waals surface area contributed by atoms with E-state index in [-0.39, 0.29) is 11.7 Å². The van der Waals surface area contributed by atoms with Crippen molar-refractivity contribution in [3.8, 4) is 23.6 Å². The van der Waals surface area contributed by atoms with Crippen molar-refractivity contribution in [2.75, 3.05) is 25.0 Å². The van der Waals surface area contributed by atoms with Crippen LogP contribution in [-0.4, -0.2) is 46.2 Å². The van der Waals surface area contributed by atoms with Gasteiger partial charge in [0.25, 0.3) is 0 Å². The molecule has 2 aliphatic heterocycles. The average Bonchev–Trinajstić information content (AvgIpc) is 3.21. The topological polar surface area (TPSA) is 82.3 Å². The number of hydrogen-bond donors (Lipinski definition) is 3. The maximum atomic E-state index is 11.1. The molecule has 3 aromatic rings. The van der Waals surface area contributed by atoms with Gasteiger partial charge in [0, 0.05) is 71.7 Å². The molecule has 2 aliphatic rings. The molecule has 0 saturated carbocycles. The Morgan fingerprint density at radius 3 is 2.72 bits per heavy atom. The summed E-state index contributed by atoms with van der Waals surface area (Å²) in [6, 6.07) is 7.85. The normalized spacial score (nSPS) is 14.2. The summed E-state index contributed by atoms with van der Waals surface area (Å²) in [6.45, 7) is 14.5. The molecule has 1 saturated heterocycles. The van der Waals surface area contributed by atoms with E-state index in [4.69, 9.17) is 22.8 Å². The average molecular weight is 546 g/mol. The Kier molecular flexibility index (Phi) is 8.57. The number of carbonyl (C=O) groups excluding carboxylic acids is 1. The third-order valence-electron chi connectivity index (χ3n) is 6.58. The van der Waals surface area contributed by atoms with Gasteiger partial charge in [-0.2, -0.15) is 0 Å². The molecule has 8 heteroatoms. The van der Waals surface area contributed by atoms with Crippen LogP contribution in [0.4, 0.5) is 16.2 Å². The van der Waals surface area contributed by atoms with Crippen molar-refractivity contribution in [3.05, 3.63) is 70.6 Å². The molecule has 0 unspecified atom stereocenters. The van der Waals surface area contributed by atoms with Crippen molar-refractivity contribution < 1.29 is 9.53 Å². The second-order valence-corrected chi connectivity index (χ2v) is 10.9. The van der Waals surface area contributed by atoms with Gasteiger partial charge in [-0.1, -0.05) is 37.1 Å². The number of pyridine rings is 1. The molecule has 0 aliphatic carbocycles. The van der Waals surface area contributed by atoms with Crippen LogP contribution in [0.5, 0.6) is 0 Å². The van der Waals surface area contributed by atoms with E-state index < -0.39 is 0 Å². The molecule has 204 valence electrons. The second-order valence-electron chi connectivity index (χ2n) is 10.5. The fraction of sp³-hybridized carbons (Fsp3) is 0.355. The van der Waals surface area contributed by atoms with Crippen molar-refractivity contribution in [2.24, 2.45) is 0 Å². The fourth-order valence-electron chi connectivity index (χ4n) is 4.55. The Balaban J connectivity index is 0.000000270. The summed E-state index contributed by atoms with van der Waals surface area (Å²) in [5.74, 6) is 2.74. The fourth-order valence-corrected chi connectivity index (χ4v) is 4.86. The lowest BCUT2D eigenvalue weighted by molar-refractivity contribution is 0.0131. The highest BCUT2D eigenvalue weighted by Gasteiger charge is 2.26. The number of amides is 1. The van der Waals surface area contributed by atoms with E-state index in [1.165, 1.54) is 0 Å². The van der Waals surface area contributed by atoms with Gasteiger partial charge in [0.05, 0.1) is 16.9 Å². The van der Waals surface area contributed by atoms with E-state index >= 15 is 0 Å². The van der Waals surface area contributed by atoms with Gasteiger partial charge in [-0.05, 0) is 57.4 Å². The minimum absolute atomic E-state index is 0.177. The number of terminal acetylenes is 1. The number of rotatable bonds is 4. The number of H-pyrrole nitrogens is 1. The quantitative estimate of drug-likeness (QED) is 0.315. The molecule has 4 heterocycles. The minimum Gasteiger partial charge on any atom is -0.444 e. The van der Waals surface area contributed by atoms with Gasteiger partial charge in [0.15, 0.2) is 0 Å². The van der Waals surface area contributed by atoms with Gasteiger partial charge in [0.2, 0.25) is 0 Å². The van der Waals surface area contributed by atoms with Crippen LogP contribution in [0.1, 0.15) is 56.5 Å². The number of ether oxygens (including phenoxy) is 1. The van der Waals surface area contributed by atoms with E-state index in [9.17, 15) is 4.79 Å². The van der Waals surface area contributed by atoms with Crippen LogP contribution >= 0.6 is 11.6 Å². The Morgan fingerprint density at radius 2 is 2.08 bits per heavy atom. The van der Waals surface area contributed by atoms with Gasteiger partial charge in [0.1, 0.15) is 5.60 Å². The lowest BCUT2D eigenvalue weighted by Gasteiger charge is -2.32. The summed E-state index contributed by atoms with van der Waals surface area (Å²) in [6.07, 6.45) is 11.8. The SMILES string of the molecule is C#Cc1cnccc1-c1[nH]c2c(c1Nc1cccc(Cl)c1CC)C(=C)NCC2.CC(C)(C)OC(=O)N1CCC1.